The standard InChI is InChI=1S/C15H21NO5S/c1-6-20-14(18)11-9(4)12(15(19)21-7-8(2)3)22-13(11)16-10(5)17/h8H,6-7H2,1-5H3,(H,16,17). The molecule has 0 unspecified atom stereocenters. The quantitative estimate of drug-likeness (QED) is 0.812. The summed E-state index contributed by atoms with van der Waals surface area (Å²) in [6.45, 7) is 9.03. The van der Waals surface area contributed by atoms with Gasteiger partial charge in [0.25, 0.3) is 0 Å². The lowest BCUT2D eigenvalue weighted by molar-refractivity contribution is -0.114. The molecule has 0 aliphatic rings. The van der Waals surface area contributed by atoms with Gasteiger partial charge < -0.3 is 14.8 Å². The number of thiophene rings is 1. The SMILES string of the molecule is CCOC(=O)c1c(NC(C)=O)sc(C(=O)OCC(C)C)c1C. The molecule has 1 aromatic heterocycles. The third kappa shape index (κ3) is 4.56. The summed E-state index contributed by atoms with van der Waals surface area (Å²) in [5.74, 6) is -1.18. The molecule has 1 N–H and O–H groups in total. The van der Waals surface area contributed by atoms with Gasteiger partial charge in [0.2, 0.25) is 5.91 Å². The first-order valence-electron chi connectivity index (χ1n) is 7.03. The second-order valence-corrected chi connectivity index (χ2v) is 6.17. The van der Waals surface area contributed by atoms with Gasteiger partial charge in [-0.2, -0.15) is 0 Å². The van der Waals surface area contributed by atoms with E-state index in [1.165, 1.54) is 6.92 Å². The molecule has 122 valence electrons. The van der Waals surface area contributed by atoms with Gasteiger partial charge in [-0.3, -0.25) is 4.79 Å². The van der Waals surface area contributed by atoms with Crippen LogP contribution in [0.3, 0.4) is 0 Å². The van der Waals surface area contributed by atoms with Crippen LogP contribution in [0.4, 0.5) is 5.00 Å². The lowest BCUT2D eigenvalue weighted by atomic mass is 10.1. The number of anilines is 1. The third-order valence-corrected chi connectivity index (χ3v) is 3.84. The van der Waals surface area contributed by atoms with Crippen LogP contribution in [0.5, 0.6) is 0 Å². The number of amides is 1. The maximum Gasteiger partial charge on any atom is 0.348 e. The van der Waals surface area contributed by atoms with Crippen LogP contribution in [0.15, 0.2) is 0 Å². The maximum atomic E-state index is 12.1. The van der Waals surface area contributed by atoms with Gasteiger partial charge in [0, 0.05) is 6.92 Å². The summed E-state index contributed by atoms with van der Waals surface area (Å²) in [4.78, 5) is 35.8. The highest BCUT2D eigenvalue weighted by Crippen LogP contribution is 2.34. The largest absolute Gasteiger partial charge is 0.462 e. The van der Waals surface area contributed by atoms with Crippen molar-refractivity contribution in [3.63, 3.8) is 0 Å². The number of rotatable bonds is 6. The molecule has 6 nitrogen and oxygen atoms in total. The summed E-state index contributed by atoms with van der Waals surface area (Å²) in [6, 6.07) is 0. The van der Waals surface area contributed by atoms with Gasteiger partial charge >= 0.3 is 11.9 Å². The van der Waals surface area contributed by atoms with Crippen LogP contribution >= 0.6 is 11.3 Å². The molecule has 22 heavy (non-hydrogen) atoms. The highest BCUT2D eigenvalue weighted by molar-refractivity contribution is 7.18. The Labute approximate surface area is 133 Å². The highest BCUT2D eigenvalue weighted by Gasteiger charge is 2.27. The fourth-order valence-electron chi connectivity index (χ4n) is 1.71. The Morgan fingerprint density at radius 1 is 1.18 bits per heavy atom. The van der Waals surface area contributed by atoms with Crippen molar-refractivity contribution in [2.45, 2.75) is 34.6 Å². The maximum absolute atomic E-state index is 12.1. The zero-order chi connectivity index (χ0) is 16.9. The molecule has 1 amide bonds. The summed E-state index contributed by atoms with van der Waals surface area (Å²) in [6.07, 6.45) is 0. The van der Waals surface area contributed by atoms with Crippen LogP contribution in [-0.2, 0) is 14.3 Å². The predicted molar refractivity (Wildman–Crippen MR) is 84.4 cm³/mol. The second kappa shape index (κ2) is 7.93. The molecular formula is C15H21NO5S. The molecule has 0 saturated carbocycles. The van der Waals surface area contributed by atoms with E-state index in [-0.39, 0.29) is 24.0 Å². The molecule has 0 aliphatic carbocycles. The van der Waals surface area contributed by atoms with E-state index in [0.29, 0.717) is 22.0 Å². The number of hydrogen-bond donors (Lipinski definition) is 1. The minimum absolute atomic E-state index is 0.207. The smallest absolute Gasteiger partial charge is 0.348 e. The van der Waals surface area contributed by atoms with Gasteiger partial charge in [-0.25, -0.2) is 9.59 Å². The molecule has 0 aliphatic heterocycles. The van der Waals surface area contributed by atoms with Gasteiger partial charge in [-0.15, -0.1) is 11.3 Å². The van der Waals surface area contributed by atoms with E-state index in [0.717, 1.165) is 11.3 Å². The molecule has 0 spiro atoms. The van der Waals surface area contributed by atoms with Crippen molar-refractivity contribution < 1.29 is 23.9 Å². The summed E-state index contributed by atoms with van der Waals surface area (Å²) in [5.41, 5.74) is 0.666. The second-order valence-electron chi connectivity index (χ2n) is 5.15. The first-order chi connectivity index (χ1) is 10.3. The van der Waals surface area contributed by atoms with Gasteiger partial charge in [-0.05, 0) is 25.3 Å². The van der Waals surface area contributed by atoms with E-state index in [2.05, 4.69) is 5.32 Å². The lowest BCUT2D eigenvalue weighted by Crippen LogP contribution is -2.12. The van der Waals surface area contributed by atoms with Crippen molar-refractivity contribution in [1.82, 2.24) is 0 Å². The van der Waals surface area contributed by atoms with E-state index in [1.54, 1.807) is 13.8 Å². The van der Waals surface area contributed by atoms with Crippen molar-refractivity contribution in [2.75, 3.05) is 18.5 Å². The molecule has 0 radical (unpaired) electrons. The van der Waals surface area contributed by atoms with Gasteiger partial charge in [0.05, 0.1) is 18.8 Å². The Morgan fingerprint density at radius 2 is 1.82 bits per heavy atom. The highest BCUT2D eigenvalue weighted by atomic mass is 32.1. The van der Waals surface area contributed by atoms with Crippen LogP contribution in [0.1, 0.15) is 53.3 Å². The number of carbonyl (C=O) groups excluding carboxylic acids is 3. The molecule has 7 heteroatoms. The van der Waals surface area contributed by atoms with E-state index < -0.39 is 11.9 Å². The monoisotopic (exact) mass is 327 g/mol. The normalized spacial score (nSPS) is 10.5. The average molecular weight is 327 g/mol. The Kier molecular flexibility index (Phi) is 6.55. The van der Waals surface area contributed by atoms with Crippen LogP contribution < -0.4 is 5.32 Å². The van der Waals surface area contributed by atoms with E-state index >= 15 is 0 Å². The van der Waals surface area contributed by atoms with Crippen LogP contribution in [-0.4, -0.2) is 31.1 Å². The number of hydrogen-bond acceptors (Lipinski definition) is 6. The summed E-state index contributed by atoms with van der Waals surface area (Å²) >= 11 is 1.02. The van der Waals surface area contributed by atoms with Crippen molar-refractivity contribution in [2.24, 2.45) is 5.92 Å². The number of ether oxygens (including phenoxy) is 2. The molecule has 0 bridgehead atoms. The Morgan fingerprint density at radius 3 is 2.32 bits per heavy atom. The van der Waals surface area contributed by atoms with Gasteiger partial charge in [-0.1, -0.05) is 13.8 Å². The first-order valence-corrected chi connectivity index (χ1v) is 7.84. The van der Waals surface area contributed by atoms with E-state index in [4.69, 9.17) is 9.47 Å². The number of carbonyl (C=O) groups is 3. The Bertz CT molecular complexity index is 577. The Hall–Kier alpha value is -1.89. The minimum Gasteiger partial charge on any atom is -0.462 e. The molecule has 0 atom stereocenters. The fraction of sp³-hybridized carbons (Fsp3) is 0.533. The average Bonchev–Trinajstić information content (AvgIpc) is 2.72. The Balaban J connectivity index is 3.16. The molecule has 1 aromatic rings. The number of nitrogens with one attached hydrogen (secondary N) is 1. The van der Waals surface area contributed by atoms with Crippen molar-refractivity contribution in [3.05, 3.63) is 16.0 Å². The molecule has 0 fully saturated rings. The van der Waals surface area contributed by atoms with Gasteiger partial charge in [0.15, 0.2) is 0 Å². The van der Waals surface area contributed by atoms with Crippen molar-refractivity contribution in [3.8, 4) is 0 Å². The van der Waals surface area contributed by atoms with Crippen LogP contribution in [0.2, 0.25) is 0 Å². The third-order valence-electron chi connectivity index (χ3n) is 2.65. The van der Waals surface area contributed by atoms with Crippen LogP contribution in [0, 0.1) is 12.8 Å². The zero-order valence-corrected chi connectivity index (χ0v) is 14.3. The lowest BCUT2D eigenvalue weighted by Gasteiger charge is -2.06. The van der Waals surface area contributed by atoms with E-state index in [9.17, 15) is 14.4 Å². The number of esters is 2. The topological polar surface area (TPSA) is 81.7 Å². The molecule has 1 rings (SSSR count). The summed E-state index contributed by atoms with van der Waals surface area (Å²) in [5, 5.41) is 2.87. The predicted octanol–water partition coefficient (Wildman–Crippen LogP) is 3.00. The summed E-state index contributed by atoms with van der Waals surface area (Å²) < 4.78 is 10.2. The molecule has 0 aromatic carbocycles. The molecule has 1 heterocycles. The zero-order valence-electron chi connectivity index (χ0n) is 13.4. The van der Waals surface area contributed by atoms with Crippen molar-refractivity contribution >= 4 is 34.2 Å². The van der Waals surface area contributed by atoms with Gasteiger partial charge in [0.1, 0.15) is 9.88 Å². The van der Waals surface area contributed by atoms with E-state index in [1.807, 2.05) is 13.8 Å². The molecule has 0 saturated heterocycles. The fourth-order valence-corrected chi connectivity index (χ4v) is 2.85. The summed E-state index contributed by atoms with van der Waals surface area (Å²) in [7, 11) is 0. The van der Waals surface area contributed by atoms with Crippen molar-refractivity contribution in [1.29, 1.82) is 0 Å². The minimum atomic E-state index is -0.567. The first kappa shape index (κ1) is 18.2. The molecular weight excluding hydrogens is 306 g/mol. The van der Waals surface area contributed by atoms with Crippen LogP contribution in [0.25, 0.3) is 0 Å².